The van der Waals surface area contributed by atoms with Crippen molar-refractivity contribution < 1.29 is 13.6 Å². The van der Waals surface area contributed by atoms with E-state index in [4.69, 9.17) is 0 Å². The minimum atomic E-state index is -0.414. The maximum absolute atomic E-state index is 13.8. The molecule has 0 spiro atoms. The van der Waals surface area contributed by atoms with Crippen LogP contribution < -0.4 is 5.32 Å². The van der Waals surface area contributed by atoms with Gasteiger partial charge in [0.2, 0.25) is 5.91 Å². The number of hydrogen-bond acceptors (Lipinski definition) is 1. The third kappa shape index (κ3) is 1.89. The highest BCUT2D eigenvalue weighted by molar-refractivity contribution is 5.90. The fraction of sp³-hybridized carbons (Fsp3) is 0.133. The second-order valence-electron chi connectivity index (χ2n) is 4.61. The Morgan fingerprint density at radius 2 is 1.89 bits per heavy atom. The standard InChI is InChI=1S/C15H11F2NO/c1-8(19)18-10-2-3-11-9(6-10)7-12-13(16)4-5-14(17)15(11)12/h2-6H,7H2,1H3,(H,18,19). The van der Waals surface area contributed by atoms with E-state index >= 15 is 0 Å². The average molecular weight is 259 g/mol. The molecule has 1 amide bonds. The molecule has 0 aromatic heterocycles. The Bertz CT molecular complexity index is 695. The van der Waals surface area contributed by atoms with Gasteiger partial charge in [-0.3, -0.25) is 4.79 Å². The van der Waals surface area contributed by atoms with E-state index in [1.54, 1.807) is 18.2 Å². The third-order valence-electron chi connectivity index (χ3n) is 3.27. The zero-order valence-corrected chi connectivity index (χ0v) is 10.3. The lowest BCUT2D eigenvalue weighted by atomic mass is 10.0. The highest BCUT2D eigenvalue weighted by Gasteiger charge is 2.25. The van der Waals surface area contributed by atoms with Crippen LogP contribution in [0, 0.1) is 11.6 Å². The van der Waals surface area contributed by atoms with Gasteiger partial charge in [0.15, 0.2) is 0 Å². The lowest BCUT2D eigenvalue weighted by Gasteiger charge is -2.06. The van der Waals surface area contributed by atoms with E-state index in [-0.39, 0.29) is 5.91 Å². The molecule has 1 N–H and O–H groups in total. The Hall–Kier alpha value is -2.23. The molecule has 1 aliphatic carbocycles. The average Bonchev–Trinajstić information content (AvgIpc) is 2.73. The fourth-order valence-corrected chi connectivity index (χ4v) is 2.51. The Morgan fingerprint density at radius 3 is 2.63 bits per heavy atom. The number of carbonyl (C=O) groups is 1. The van der Waals surface area contributed by atoms with Gasteiger partial charge in [0.25, 0.3) is 0 Å². The van der Waals surface area contributed by atoms with E-state index in [0.717, 1.165) is 17.7 Å². The Morgan fingerprint density at radius 1 is 1.16 bits per heavy atom. The number of fused-ring (bicyclic) bond motifs is 3. The van der Waals surface area contributed by atoms with Gasteiger partial charge in [-0.05, 0) is 35.4 Å². The van der Waals surface area contributed by atoms with Gasteiger partial charge in [0, 0.05) is 30.2 Å². The summed E-state index contributed by atoms with van der Waals surface area (Å²) in [6.45, 7) is 1.42. The maximum Gasteiger partial charge on any atom is 0.221 e. The van der Waals surface area contributed by atoms with Crippen molar-refractivity contribution in [1.82, 2.24) is 0 Å². The molecule has 0 heterocycles. The summed E-state index contributed by atoms with van der Waals surface area (Å²) in [5.41, 5.74) is 2.88. The SMILES string of the molecule is CC(=O)Nc1ccc2c(c1)Cc1c(F)ccc(F)c1-2. The molecule has 0 atom stereocenters. The maximum atomic E-state index is 13.8. The van der Waals surface area contributed by atoms with Crippen LogP contribution in [-0.4, -0.2) is 5.91 Å². The molecule has 2 nitrogen and oxygen atoms in total. The van der Waals surface area contributed by atoms with Crippen molar-refractivity contribution in [3.8, 4) is 11.1 Å². The molecule has 0 bridgehead atoms. The highest BCUT2D eigenvalue weighted by atomic mass is 19.1. The summed E-state index contributed by atoms with van der Waals surface area (Å²) < 4.78 is 27.5. The number of halogens is 2. The smallest absolute Gasteiger partial charge is 0.221 e. The van der Waals surface area contributed by atoms with Crippen molar-refractivity contribution in [2.45, 2.75) is 13.3 Å². The molecule has 0 radical (unpaired) electrons. The minimum Gasteiger partial charge on any atom is -0.326 e. The number of amides is 1. The number of anilines is 1. The molecule has 1 aliphatic rings. The van der Waals surface area contributed by atoms with Crippen molar-refractivity contribution in [3.63, 3.8) is 0 Å². The molecule has 2 aromatic rings. The molecule has 0 saturated heterocycles. The first-order chi connectivity index (χ1) is 9.06. The van der Waals surface area contributed by atoms with E-state index in [1.165, 1.54) is 6.92 Å². The second kappa shape index (κ2) is 4.16. The van der Waals surface area contributed by atoms with Crippen LogP contribution in [-0.2, 0) is 11.2 Å². The molecule has 19 heavy (non-hydrogen) atoms. The summed E-state index contributed by atoms with van der Waals surface area (Å²) in [5, 5.41) is 2.66. The molecular weight excluding hydrogens is 248 g/mol. The minimum absolute atomic E-state index is 0.173. The Labute approximate surface area is 109 Å². The van der Waals surface area contributed by atoms with Gasteiger partial charge in [-0.25, -0.2) is 8.78 Å². The molecule has 96 valence electrons. The van der Waals surface area contributed by atoms with Crippen LogP contribution in [0.2, 0.25) is 0 Å². The van der Waals surface area contributed by atoms with Crippen LogP contribution in [0.1, 0.15) is 18.1 Å². The van der Waals surface area contributed by atoms with Crippen LogP contribution in [0.15, 0.2) is 30.3 Å². The third-order valence-corrected chi connectivity index (χ3v) is 3.27. The quantitative estimate of drug-likeness (QED) is 0.712. The topological polar surface area (TPSA) is 29.1 Å². The van der Waals surface area contributed by atoms with Gasteiger partial charge in [-0.2, -0.15) is 0 Å². The van der Waals surface area contributed by atoms with Gasteiger partial charge in [0.1, 0.15) is 11.6 Å². The first kappa shape index (κ1) is 11.8. The van der Waals surface area contributed by atoms with Gasteiger partial charge >= 0.3 is 0 Å². The summed E-state index contributed by atoms with van der Waals surface area (Å²) in [5.74, 6) is -0.982. The lowest BCUT2D eigenvalue weighted by Crippen LogP contribution is -2.05. The fourth-order valence-electron chi connectivity index (χ4n) is 2.51. The zero-order chi connectivity index (χ0) is 13.6. The Balaban J connectivity index is 2.11. The number of carbonyl (C=O) groups excluding carboxylic acids is 1. The van der Waals surface area contributed by atoms with E-state index in [0.29, 0.717) is 28.8 Å². The van der Waals surface area contributed by atoms with Crippen LogP contribution in [0.5, 0.6) is 0 Å². The van der Waals surface area contributed by atoms with Crippen molar-refractivity contribution in [1.29, 1.82) is 0 Å². The monoisotopic (exact) mass is 259 g/mol. The predicted octanol–water partition coefficient (Wildman–Crippen LogP) is 3.49. The number of benzene rings is 2. The number of hydrogen-bond donors (Lipinski definition) is 1. The number of nitrogens with one attached hydrogen (secondary N) is 1. The lowest BCUT2D eigenvalue weighted by molar-refractivity contribution is -0.114. The molecular formula is C15H11F2NO. The summed E-state index contributed by atoms with van der Waals surface area (Å²) >= 11 is 0. The van der Waals surface area contributed by atoms with Crippen LogP contribution >= 0.6 is 0 Å². The summed E-state index contributed by atoms with van der Waals surface area (Å²) in [6, 6.07) is 7.46. The first-order valence-electron chi connectivity index (χ1n) is 5.94. The van der Waals surface area contributed by atoms with Crippen LogP contribution in [0.3, 0.4) is 0 Å². The number of rotatable bonds is 1. The van der Waals surface area contributed by atoms with Gasteiger partial charge in [0.05, 0.1) is 0 Å². The molecule has 4 heteroatoms. The van der Waals surface area contributed by atoms with Crippen molar-refractivity contribution >= 4 is 11.6 Å². The van der Waals surface area contributed by atoms with Gasteiger partial charge in [-0.15, -0.1) is 0 Å². The molecule has 2 aromatic carbocycles. The highest BCUT2D eigenvalue weighted by Crippen LogP contribution is 2.40. The largest absolute Gasteiger partial charge is 0.326 e. The van der Waals surface area contributed by atoms with Gasteiger partial charge in [-0.1, -0.05) is 6.07 Å². The van der Waals surface area contributed by atoms with Crippen molar-refractivity contribution in [2.75, 3.05) is 5.32 Å². The molecule has 0 saturated carbocycles. The summed E-state index contributed by atoms with van der Waals surface area (Å²) in [4.78, 5) is 11.0. The van der Waals surface area contributed by atoms with E-state index in [2.05, 4.69) is 5.32 Å². The normalized spacial score (nSPS) is 11.9. The van der Waals surface area contributed by atoms with Crippen LogP contribution in [0.4, 0.5) is 14.5 Å². The molecule has 0 unspecified atom stereocenters. The molecule has 0 aliphatic heterocycles. The Kier molecular flexibility index (Phi) is 2.59. The first-order valence-corrected chi connectivity index (χ1v) is 5.94. The zero-order valence-electron chi connectivity index (χ0n) is 10.3. The predicted molar refractivity (Wildman–Crippen MR) is 68.9 cm³/mol. The van der Waals surface area contributed by atoms with E-state index < -0.39 is 11.6 Å². The van der Waals surface area contributed by atoms with Gasteiger partial charge < -0.3 is 5.32 Å². The van der Waals surface area contributed by atoms with Crippen LogP contribution in [0.25, 0.3) is 11.1 Å². The molecule has 3 rings (SSSR count). The van der Waals surface area contributed by atoms with E-state index in [1.807, 2.05) is 0 Å². The summed E-state index contributed by atoms with van der Waals surface area (Å²) in [7, 11) is 0. The van der Waals surface area contributed by atoms with E-state index in [9.17, 15) is 13.6 Å². The summed E-state index contributed by atoms with van der Waals surface area (Å²) in [6.07, 6.45) is 0.349. The molecule has 0 fully saturated rings. The van der Waals surface area contributed by atoms with Crippen molar-refractivity contribution in [2.24, 2.45) is 0 Å². The second-order valence-corrected chi connectivity index (χ2v) is 4.61. The van der Waals surface area contributed by atoms with Crippen molar-refractivity contribution in [3.05, 3.63) is 53.1 Å².